The van der Waals surface area contributed by atoms with E-state index in [2.05, 4.69) is 24.1 Å². The third-order valence-electron chi connectivity index (χ3n) is 4.15. The Morgan fingerprint density at radius 2 is 2.00 bits per heavy atom. The number of hydrogen-bond acceptors (Lipinski definition) is 3. The molecular weight excluding hydrogens is 372 g/mol. The number of hydrogen-bond donors (Lipinski definition) is 3. The van der Waals surface area contributed by atoms with E-state index in [-0.39, 0.29) is 24.1 Å². The van der Waals surface area contributed by atoms with E-state index in [0.29, 0.717) is 12.1 Å². The number of nitrogen functional groups attached to an aromatic ring is 1. The van der Waals surface area contributed by atoms with E-state index in [1.807, 2.05) is 50.4 Å². The largest absolute Gasteiger partial charge is 0.384 e. The van der Waals surface area contributed by atoms with Crippen LogP contribution in [0.15, 0.2) is 42.5 Å². The Kier molecular flexibility index (Phi) is 9.07. The van der Waals surface area contributed by atoms with E-state index < -0.39 is 0 Å². The molecule has 0 radical (unpaired) electrons. The predicted octanol–water partition coefficient (Wildman–Crippen LogP) is 3.65. The van der Waals surface area contributed by atoms with Crippen LogP contribution in [0.3, 0.4) is 0 Å². The van der Waals surface area contributed by atoms with Gasteiger partial charge in [-0.25, -0.2) is 0 Å². The van der Waals surface area contributed by atoms with Crippen molar-refractivity contribution in [1.29, 1.82) is 5.41 Å². The van der Waals surface area contributed by atoms with Crippen molar-refractivity contribution < 1.29 is 4.79 Å². The maximum atomic E-state index is 12.4. The topological polar surface area (TPSA) is 82.2 Å². The second kappa shape index (κ2) is 11.0. The standard InChI is InChI=1S/C22H26N4O.ClH/c1-4-13-26(3)22(27)20-11-10-17(14-16(20)2)7-6-12-25-19-9-5-8-18(15-19)21(23)24;/h5,8-11,14-15,25H,4,12-13H2,1-3H3,(H3,23,24);1H. The van der Waals surface area contributed by atoms with Gasteiger partial charge in [0.05, 0.1) is 6.54 Å². The summed E-state index contributed by atoms with van der Waals surface area (Å²) in [7, 11) is 1.83. The van der Waals surface area contributed by atoms with Crippen molar-refractivity contribution in [3.63, 3.8) is 0 Å². The van der Waals surface area contributed by atoms with Gasteiger partial charge in [-0.3, -0.25) is 10.2 Å². The van der Waals surface area contributed by atoms with Gasteiger partial charge in [0.2, 0.25) is 0 Å². The fourth-order valence-electron chi connectivity index (χ4n) is 2.71. The average Bonchev–Trinajstić information content (AvgIpc) is 2.65. The van der Waals surface area contributed by atoms with Crippen LogP contribution in [-0.2, 0) is 0 Å². The molecule has 0 bridgehead atoms. The van der Waals surface area contributed by atoms with Gasteiger partial charge < -0.3 is 16.0 Å². The maximum absolute atomic E-state index is 12.4. The first-order valence-corrected chi connectivity index (χ1v) is 8.95. The molecule has 0 aliphatic carbocycles. The summed E-state index contributed by atoms with van der Waals surface area (Å²) in [5, 5.41) is 10.7. The first kappa shape index (κ1) is 23.1. The highest BCUT2D eigenvalue weighted by atomic mass is 35.5. The predicted molar refractivity (Wildman–Crippen MR) is 119 cm³/mol. The average molecular weight is 399 g/mol. The number of anilines is 1. The van der Waals surface area contributed by atoms with Crippen molar-refractivity contribution in [2.45, 2.75) is 20.3 Å². The lowest BCUT2D eigenvalue weighted by Gasteiger charge is -2.17. The first-order chi connectivity index (χ1) is 12.9. The number of amidine groups is 1. The summed E-state index contributed by atoms with van der Waals surface area (Å²) in [6.45, 7) is 5.21. The van der Waals surface area contributed by atoms with Gasteiger partial charge >= 0.3 is 0 Å². The van der Waals surface area contributed by atoms with Crippen LogP contribution >= 0.6 is 12.4 Å². The van der Waals surface area contributed by atoms with Crippen LogP contribution in [-0.4, -0.2) is 36.8 Å². The molecule has 4 N–H and O–H groups in total. The number of carbonyl (C=O) groups excluding carboxylic acids is 1. The highest BCUT2D eigenvalue weighted by Crippen LogP contribution is 2.13. The second-order valence-electron chi connectivity index (χ2n) is 6.41. The molecule has 2 aromatic carbocycles. The summed E-state index contributed by atoms with van der Waals surface area (Å²) >= 11 is 0. The summed E-state index contributed by atoms with van der Waals surface area (Å²) in [5.41, 5.74) is 9.57. The molecule has 0 fully saturated rings. The zero-order valence-electron chi connectivity index (χ0n) is 16.5. The summed E-state index contributed by atoms with van der Waals surface area (Å²) < 4.78 is 0. The molecule has 6 heteroatoms. The summed E-state index contributed by atoms with van der Waals surface area (Å²) in [5.74, 6) is 6.27. The molecule has 2 aromatic rings. The Morgan fingerprint density at radius 1 is 1.25 bits per heavy atom. The number of rotatable bonds is 6. The Balaban J connectivity index is 0.00000392. The van der Waals surface area contributed by atoms with Crippen LogP contribution in [0.2, 0.25) is 0 Å². The number of carbonyl (C=O) groups is 1. The Morgan fingerprint density at radius 3 is 2.64 bits per heavy atom. The number of amides is 1. The smallest absolute Gasteiger partial charge is 0.253 e. The number of nitrogens with one attached hydrogen (secondary N) is 2. The first-order valence-electron chi connectivity index (χ1n) is 8.95. The molecule has 0 heterocycles. The van der Waals surface area contributed by atoms with Gasteiger partial charge in [-0.15, -0.1) is 12.4 Å². The molecule has 0 unspecified atom stereocenters. The van der Waals surface area contributed by atoms with Crippen molar-refractivity contribution in [3.05, 3.63) is 64.7 Å². The molecule has 5 nitrogen and oxygen atoms in total. The van der Waals surface area contributed by atoms with Gasteiger partial charge in [0.25, 0.3) is 5.91 Å². The molecule has 0 spiro atoms. The molecule has 0 saturated carbocycles. The minimum Gasteiger partial charge on any atom is -0.384 e. The van der Waals surface area contributed by atoms with Crippen LogP contribution in [0.4, 0.5) is 5.69 Å². The van der Waals surface area contributed by atoms with E-state index in [1.54, 1.807) is 11.0 Å². The molecule has 0 atom stereocenters. The Labute approximate surface area is 173 Å². The normalized spacial score (nSPS) is 9.54. The number of nitrogens with two attached hydrogens (primary N) is 1. The molecular formula is C22H27ClN4O. The maximum Gasteiger partial charge on any atom is 0.253 e. The van der Waals surface area contributed by atoms with E-state index in [4.69, 9.17) is 11.1 Å². The molecule has 28 heavy (non-hydrogen) atoms. The van der Waals surface area contributed by atoms with Gasteiger partial charge in [-0.1, -0.05) is 30.9 Å². The highest BCUT2D eigenvalue weighted by Gasteiger charge is 2.13. The number of halogens is 1. The summed E-state index contributed by atoms with van der Waals surface area (Å²) in [6, 6.07) is 13.0. The molecule has 2 rings (SSSR count). The van der Waals surface area contributed by atoms with Crippen LogP contribution in [0.25, 0.3) is 0 Å². The van der Waals surface area contributed by atoms with E-state index in [0.717, 1.165) is 35.3 Å². The van der Waals surface area contributed by atoms with Crippen molar-refractivity contribution in [3.8, 4) is 11.8 Å². The zero-order valence-corrected chi connectivity index (χ0v) is 17.3. The second-order valence-corrected chi connectivity index (χ2v) is 6.41. The fourth-order valence-corrected chi connectivity index (χ4v) is 2.71. The molecule has 0 aromatic heterocycles. The van der Waals surface area contributed by atoms with Gasteiger partial charge in [-0.05, 0) is 49.2 Å². The number of nitrogens with zero attached hydrogens (tertiary/aromatic N) is 1. The lowest BCUT2D eigenvalue weighted by atomic mass is 10.0. The Hall–Kier alpha value is -2.97. The van der Waals surface area contributed by atoms with Crippen molar-refractivity contribution in [2.75, 3.05) is 25.5 Å². The van der Waals surface area contributed by atoms with Crippen LogP contribution in [0, 0.1) is 24.2 Å². The van der Waals surface area contributed by atoms with E-state index in [1.165, 1.54) is 0 Å². The van der Waals surface area contributed by atoms with Crippen molar-refractivity contribution in [2.24, 2.45) is 5.73 Å². The van der Waals surface area contributed by atoms with Gasteiger partial charge in [0, 0.05) is 36.0 Å². The van der Waals surface area contributed by atoms with E-state index in [9.17, 15) is 4.79 Å². The lowest BCUT2D eigenvalue weighted by molar-refractivity contribution is 0.0794. The SMILES string of the molecule is CCCN(C)C(=O)c1ccc(C#CCNc2cccc(C(=N)N)c2)cc1C.Cl. The van der Waals surface area contributed by atoms with Crippen LogP contribution < -0.4 is 11.1 Å². The van der Waals surface area contributed by atoms with Crippen molar-refractivity contribution >= 4 is 29.8 Å². The third-order valence-corrected chi connectivity index (χ3v) is 4.15. The van der Waals surface area contributed by atoms with Gasteiger partial charge in [-0.2, -0.15) is 0 Å². The summed E-state index contributed by atoms with van der Waals surface area (Å²) in [4.78, 5) is 14.2. The van der Waals surface area contributed by atoms with Gasteiger partial charge in [0.15, 0.2) is 0 Å². The third kappa shape index (κ3) is 6.33. The molecule has 0 aliphatic heterocycles. The van der Waals surface area contributed by atoms with E-state index >= 15 is 0 Å². The zero-order chi connectivity index (χ0) is 19.8. The lowest BCUT2D eigenvalue weighted by Crippen LogP contribution is -2.27. The quantitative estimate of drug-likeness (QED) is 0.394. The number of aryl methyl sites for hydroxylation is 1. The van der Waals surface area contributed by atoms with Crippen LogP contribution in [0.1, 0.15) is 40.4 Å². The molecule has 1 amide bonds. The summed E-state index contributed by atoms with van der Waals surface area (Å²) in [6.07, 6.45) is 0.938. The molecule has 0 saturated heterocycles. The molecule has 0 aliphatic rings. The monoisotopic (exact) mass is 398 g/mol. The minimum absolute atomic E-state index is 0. The van der Waals surface area contributed by atoms with Gasteiger partial charge in [0.1, 0.15) is 5.84 Å². The highest BCUT2D eigenvalue weighted by molar-refractivity contribution is 5.96. The molecule has 148 valence electrons. The number of benzene rings is 2. The van der Waals surface area contributed by atoms with Crippen molar-refractivity contribution in [1.82, 2.24) is 4.90 Å². The van der Waals surface area contributed by atoms with Crippen LogP contribution in [0.5, 0.6) is 0 Å². The minimum atomic E-state index is 0. The fraction of sp³-hybridized carbons (Fsp3) is 0.273. The Bertz CT molecular complexity index is 899.